The fraction of sp³-hybridized carbons (Fsp3) is 0.636. The number of unbranched alkanes of at least 4 members (excludes halogenated alkanes) is 1. The first-order chi connectivity index (χ1) is 6.89. The number of Topliss-reactive ketones (excluding diaryl/α,β-unsaturated/α-hetero) is 3. The zero-order chi connectivity index (χ0) is 12.1. The van der Waals surface area contributed by atoms with Crippen LogP contribution in [0, 0.1) is 5.41 Å². The van der Waals surface area contributed by atoms with Gasteiger partial charge in [0.05, 0.1) is 0 Å². The van der Waals surface area contributed by atoms with Crippen LogP contribution in [0.1, 0.15) is 40.0 Å². The number of aldehydes is 1. The van der Waals surface area contributed by atoms with Crippen molar-refractivity contribution in [2.75, 3.05) is 0 Å². The zero-order valence-electron chi connectivity index (χ0n) is 9.33. The van der Waals surface area contributed by atoms with Crippen LogP contribution in [-0.4, -0.2) is 23.6 Å². The van der Waals surface area contributed by atoms with Crippen LogP contribution in [-0.2, 0) is 19.2 Å². The molecule has 4 nitrogen and oxygen atoms in total. The van der Waals surface area contributed by atoms with Gasteiger partial charge in [-0.25, -0.2) is 0 Å². The van der Waals surface area contributed by atoms with Crippen molar-refractivity contribution in [1.82, 2.24) is 0 Å². The van der Waals surface area contributed by atoms with Gasteiger partial charge in [-0.3, -0.25) is 14.4 Å². The molecule has 0 aliphatic rings. The minimum absolute atomic E-state index is 0.131. The topological polar surface area (TPSA) is 68.3 Å². The average Bonchev–Trinajstić information content (AvgIpc) is 2.10. The molecule has 0 saturated carbocycles. The molecule has 0 aromatic heterocycles. The summed E-state index contributed by atoms with van der Waals surface area (Å²) >= 11 is 0. The molecule has 0 spiro atoms. The van der Waals surface area contributed by atoms with Gasteiger partial charge in [0, 0.05) is 6.42 Å². The molecule has 0 radical (unpaired) electrons. The number of hydrogen-bond acceptors (Lipinski definition) is 4. The van der Waals surface area contributed by atoms with Gasteiger partial charge < -0.3 is 4.79 Å². The molecule has 0 amide bonds. The molecule has 4 heteroatoms. The molecular weight excluding hydrogens is 196 g/mol. The summed E-state index contributed by atoms with van der Waals surface area (Å²) in [5.41, 5.74) is -1.52. The molecule has 0 aromatic rings. The van der Waals surface area contributed by atoms with E-state index in [2.05, 4.69) is 0 Å². The summed E-state index contributed by atoms with van der Waals surface area (Å²) in [5, 5.41) is 0. The number of ketones is 3. The molecule has 0 bridgehead atoms. The van der Waals surface area contributed by atoms with Gasteiger partial charge in [-0.15, -0.1) is 0 Å². The van der Waals surface area contributed by atoms with Gasteiger partial charge in [0.25, 0.3) is 0 Å². The monoisotopic (exact) mass is 212 g/mol. The largest absolute Gasteiger partial charge is 0.303 e. The maximum Gasteiger partial charge on any atom is 0.150 e. The van der Waals surface area contributed by atoms with Crippen molar-refractivity contribution in [3.63, 3.8) is 0 Å². The lowest BCUT2D eigenvalue weighted by molar-refractivity contribution is -0.147. The van der Waals surface area contributed by atoms with Gasteiger partial charge >= 0.3 is 0 Å². The molecule has 0 atom stereocenters. The van der Waals surface area contributed by atoms with Crippen LogP contribution in [0.15, 0.2) is 0 Å². The third kappa shape index (κ3) is 2.81. The van der Waals surface area contributed by atoms with E-state index in [0.29, 0.717) is 12.7 Å². The number of hydrogen-bond donors (Lipinski definition) is 0. The third-order valence-corrected chi connectivity index (χ3v) is 2.68. The Kier molecular flexibility index (Phi) is 5.05. The van der Waals surface area contributed by atoms with Gasteiger partial charge in [-0.05, 0) is 33.6 Å². The van der Waals surface area contributed by atoms with Crippen molar-refractivity contribution in [1.29, 1.82) is 0 Å². The van der Waals surface area contributed by atoms with Crippen molar-refractivity contribution in [3.05, 3.63) is 0 Å². The van der Waals surface area contributed by atoms with E-state index in [0.717, 1.165) is 0 Å². The molecule has 0 saturated heterocycles. The number of carbonyl (C=O) groups excluding carboxylic acids is 4. The van der Waals surface area contributed by atoms with E-state index in [-0.39, 0.29) is 12.8 Å². The highest BCUT2D eigenvalue weighted by molar-refractivity contribution is 6.22. The van der Waals surface area contributed by atoms with Crippen LogP contribution in [0.25, 0.3) is 0 Å². The fourth-order valence-electron chi connectivity index (χ4n) is 1.72. The van der Waals surface area contributed by atoms with E-state index >= 15 is 0 Å². The second-order valence-corrected chi connectivity index (χ2v) is 3.63. The minimum Gasteiger partial charge on any atom is -0.303 e. The van der Waals surface area contributed by atoms with Gasteiger partial charge in [-0.2, -0.15) is 0 Å². The van der Waals surface area contributed by atoms with E-state index in [9.17, 15) is 19.2 Å². The highest BCUT2D eigenvalue weighted by atomic mass is 16.2. The molecule has 0 aromatic carbocycles. The van der Waals surface area contributed by atoms with E-state index in [1.54, 1.807) is 0 Å². The van der Waals surface area contributed by atoms with E-state index in [1.165, 1.54) is 20.8 Å². The molecule has 0 unspecified atom stereocenters. The lowest BCUT2D eigenvalue weighted by atomic mass is 9.73. The van der Waals surface area contributed by atoms with Crippen molar-refractivity contribution >= 4 is 23.6 Å². The summed E-state index contributed by atoms with van der Waals surface area (Å²) in [6.07, 6.45) is 1.48. The smallest absolute Gasteiger partial charge is 0.150 e. The maximum absolute atomic E-state index is 11.4. The molecular formula is C11H16O4. The van der Waals surface area contributed by atoms with Crippen LogP contribution in [0.4, 0.5) is 0 Å². The predicted octanol–water partition coefficient (Wildman–Crippen LogP) is 1.11. The highest BCUT2D eigenvalue weighted by Gasteiger charge is 2.44. The van der Waals surface area contributed by atoms with Crippen LogP contribution >= 0.6 is 0 Å². The quantitative estimate of drug-likeness (QED) is 0.360. The molecule has 15 heavy (non-hydrogen) atoms. The van der Waals surface area contributed by atoms with Crippen LogP contribution in [0.3, 0.4) is 0 Å². The lowest BCUT2D eigenvalue weighted by Gasteiger charge is -2.25. The molecule has 0 aliphatic heterocycles. The molecule has 0 heterocycles. The molecule has 84 valence electrons. The maximum atomic E-state index is 11.4. The number of rotatable bonds is 7. The summed E-state index contributed by atoms with van der Waals surface area (Å²) in [7, 11) is 0. The second-order valence-electron chi connectivity index (χ2n) is 3.63. The Hall–Kier alpha value is -1.32. The van der Waals surface area contributed by atoms with Gasteiger partial charge in [0.15, 0.2) is 17.3 Å². The first-order valence-electron chi connectivity index (χ1n) is 4.86. The third-order valence-electron chi connectivity index (χ3n) is 2.68. The summed E-state index contributed by atoms with van der Waals surface area (Å²) < 4.78 is 0. The second kappa shape index (κ2) is 5.53. The molecule has 0 N–H and O–H groups in total. The van der Waals surface area contributed by atoms with Gasteiger partial charge in [0.1, 0.15) is 11.7 Å². The molecule has 0 fully saturated rings. The summed E-state index contributed by atoms with van der Waals surface area (Å²) in [6.45, 7) is 3.72. The predicted molar refractivity (Wildman–Crippen MR) is 54.4 cm³/mol. The Morgan fingerprint density at radius 2 is 1.40 bits per heavy atom. The van der Waals surface area contributed by atoms with E-state index in [4.69, 9.17) is 0 Å². The first kappa shape index (κ1) is 13.7. The Morgan fingerprint density at radius 1 is 1.00 bits per heavy atom. The Balaban J connectivity index is 4.97. The normalized spacial score (nSPS) is 10.9. The minimum atomic E-state index is -1.52. The number of carbonyl (C=O) groups is 4. The van der Waals surface area contributed by atoms with Gasteiger partial charge in [0.2, 0.25) is 0 Å². The first-order valence-corrected chi connectivity index (χ1v) is 4.86. The van der Waals surface area contributed by atoms with Crippen molar-refractivity contribution in [2.45, 2.75) is 40.0 Å². The van der Waals surface area contributed by atoms with Crippen LogP contribution in [0.2, 0.25) is 0 Å². The van der Waals surface area contributed by atoms with Crippen molar-refractivity contribution in [3.8, 4) is 0 Å². The van der Waals surface area contributed by atoms with Gasteiger partial charge in [-0.1, -0.05) is 0 Å². The van der Waals surface area contributed by atoms with E-state index < -0.39 is 22.8 Å². The van der Waals surface area contributed by atoms with Crippen LogP contribution in [0.5, 0.6) is 0 Å². The van der Waals surface area contributed by atoms with Crippen molar-refractivity contribution < 1.29 is 19.2 Å². The van der Waals surface area contributed by atoms with E-state index in [1.807, 2.05) is 0 Å². The standard InChI is InChI=1S/C11H16O4/c1-8(13)11(9(2)14,10(3)15)6-4-5-7-12/h7H,4-6H2,1-3H3. The SMILES string of the molecule is CC(=O)C(CCCC=O)(C(C)=O)C(C)=O. The zero-order valence-corrected chi connectivity index (χ0v) is 9.33. The van der Waals surface area contributed by atoms with Crippen LogP contribution < -0.4 is 0 Å². The lowest BCUT2D eigenvalue weighted by Crippen LogP contribution is -2.43. The Labute approximate surface area is 89.0 Å². The summed E-state index contributed by atoms with van der Waals surface area (Å²) in [4.78, 5) is 44.4. The summed E-state index contributed by atoms with van der Waals surface area (Å²) in [6, 6.07) is 0. The Morgan fingerprint density at radius 3 is 1.67 bits per heavy atom. The highest BCUT2D eigenvalue weighted by Crippen LogP contribution is 2.28. The summed E-state index contributed by atoms with van der Waals surface area (Å²) in [5.74, 6) is -1.31. The fourth-order valence-corrected chi connectivity index (χ4v) is 1.72. The molecule has 0 aliphatic carbocycles. The van der Waals surface area contributed by atoms with Crippen molar-refractivity contribution in [2.24, 2.45) is 5.41 Å². The average molecular weight is 212 g/mol. The Bertz CT molecular complexity index is 255. The molecule has 0 rings (SSSR count).